The van der Waals surface area contributed by atoms with E-state index < -0.39 is 0 Å². The number of hydrogen-bond acceptors (Lipinski definition) is 1. The maximum Gasteiger partial charge on any atom is 0.129 e. The molecule has 0 aliphatic rings. The number of benzene rings is 2. The molecule has 0 amide bonds. The molecule has 1 nitrogen and oxygen atoms in total. The highest BCUT2D eigenvalue weighted by molar-refractivity contribution is 6.31. The Morgan fingerprint density at radius 3 is 2.35 bits per heavy atom. The number of halogens is 4. The van der Waals surface area contributed by atoms with Crippen molar-refractivity contribution in [1.82, 2.24) is 5.32 Å². The minimum absolute atomic E-state index is 0. The summed E-state index contributed by atoms with van der Waals surface area (Å²) < 4.78 is 26.2. The fraction of sp³-hybridized carbons (Fsp3) is 0.200. The van der Waals surface area contributed by atoms with E-state index in [0.717, 1.165) is 12.0 Å². The van der Waals surface area contributed by atoms with Crippen molar-refractivity contribution in [3.05, 3.63) is 70.2 Å². The van der Waals surface area contributed by atoms with Crippen molar-refractivity contribution in [2.75, 3.05) is 6.54 Å². The van der Waals surface area contributed by atoms with Gasteiger partial charge in [-0.15, -0.1) is 12.4 Å². The minimum atomic E-state index is -0.304. The third-order valence-corrected chi connectivity index (χ3v) is 3.22. The van der Waals surface area contributed by atoms with Crippen molar-refractivity contribution in [1.29, 1.82) is 0 Å². The first kappa shape index (κ1) is 16.9. The molecule has 0 bridgehead atoms. The van der Waals surface area contributed by atoms with E-state index in [9.17, 15) is 8.78 Å². The standard InChI is InChI=1S/C15H14ClF2N.ClH/c16-14-2-1-3-15(18)13(14)10-19-9-8-11-4-6-12(17)7-5-11;/h1-7,19H,8-10H2;1H. The number of hydrogen-bond donors (Lipinski definition) is 1. The predicted molar refractivity (Wildman–Crippen MR) is 80.5 cm³/mol. The van der Waals surface area contributed by atoms with Crippen molar-refractivity contribution in [2.45, 2.75) is 13.0 Å². The highest BCUT2D eigenvalue weighted by atomic mass is 35.5. The van der Waals surface area contributed by atoms with E-state index >= 15 is 0 Å². The Bertz CT molecular complexity index is 524. The van der Waals surface area contributed by atoms with Crippen LogP contribution in [0.2, 0.25) is 5.02 Å². The largest absolute Gasteiger partial charge is 0.312 e. The Hall–Kier alpha value is -1.16. The zero-order valence-corrected chi connectivity index (χ0v) is 12.3. The van der Waals surface area contributed by atoms with E-state index in [4.69, 9.17) is 11.6 Å². The second-order valence-corrected chi connectivity index (χ2v) is 4.66. The van der Waals surface area contributed by atoms with Crippen LogP contribution in [0.1, 0.15) is 11.1 Å². The van der Waals surface area contributed by atoms with Gasteiger partial charge in [-0.1, -0.05) is 29.8 Å². The monoisotopic (exact) mass is 317 g/mol. The van der Waals surface area contributed by atoms with Crippen LogP contribution in [-0.4, -0.2) is 6.54 Å². The normalized spacial score (nSPS) is 10.2. The lowest BCUT2D eigenvalue weighted by molar-refractivity contribution is 0.588. The fourth-order valence-corrected chi connectivity index (χ4v) is 2.03. The number of nitrogens with one attached hydrogen (secondary N) is 1. The molecule has 0 aromatic heterocycles. The Kier molecular flexibility index (Phi) is 6.93. The number of rotatable bonds is 5. The summed E-state index contributed by atoms with van der Waals surface area (Å²) in [6.07, 6.45) is 0.756. The van der Waals surface area contributed by atoms with Crippen LogP contribution < -0.4 is 5.32 Å². The Morgan fingerprint density at radius 1 is 1.00 bits per heavy atom. The molecule has 0 unspecified atom stereocenters. The second-order valence-electron chi connectivity index (χ2n) is 4.25. The molecule has 0 saturated heterocycles. The van der Waals surface area contributed by atoms with E-state index in [1.807, 2.05) is 0 Å². The topological polar surface area (TPSA) is 12.0 Å². The van der Waals surface area contributed by atoms with Crippen molar-refractivity contribution >= 4 is 24.0 Å². The minimum Gasteiger partial charge on any atom is -0.312 e. The summed E-state index contributed by atoms with van der Waals surface area (Å²) >= 11 is 5.92. The zero-order valence-electron chi connectivity index (χ0n) is 10.7. The van der Waals surface area contributed by atoms with Crippen molar-refractivity contribution in [2.24, 2.45) is 0 Å². The van der Waals surface area contributed by atoms with Crippen molar-refractivity contribution in [3.8, 4) is 0 Å². The Labute approximate surface area is 128 Å². The maximum atomic E-state index is 13.5. The molecule has 0 spiro atoms. The molecule has 0 saturated carbocycles. The summed E-state index contributed by atoms with van der Waals surface area (Å²) in [6, 6.07) is 11.0. The van der Waals surface area contributed by atoms with Gasteiger partial charge in [-0.3, -0.25) is 0 Å². The van der Waals surface area contributed by atoms with E-state index in [2.05, 4.69) is 5.32 Å². The molecular weight excluding hydrogens is 303 g/mol. The fourth-order valence-electron chi connectivity index (χ4n) is 1.80. The molecule has 2 aromatic rings. The van der Waals surface area contributed by atoms with E-state index in [1.165, 1.54) is 18.2 Å². The average Bonchev–Trinajstić information content (AvgIpc) is 2.39. The molecule has 0 atom stereocenters. The Balaban J connectivity index is 0.00000200. The first-order chi connectivity index (χ1) is 9.16. The van der Waals surface area contributed by atoms with Crippen molar-refractivity contribution < 1.29 is 8.78 Å². The van der Waals surface area contributed by atoms with Gasteiger partial charge in [0.1, 0.15) is 11.6 Å². The summed E-state index contributed by atoms with van der Waals surface area (Å²) in [4.78, 5) is 0. The van der Waals surface area contributed by atoms with Gasteiger partial charge >= 0.3 is 0 Å². The molecule has 0 radical (unpaired) electrons. The van der Waals surface area contributed by atoms with Gasteiger partial charge in [0.05, 0.1) is 0 Å². The third-order valence-electron chi connectivity index (χ3n) is 2.87. The summed E-state index contributed by atoms with van der Waals surface area (Å²) in [6.45, 7) is 1.06. The quantitative estimate of drug-likeness (QED) is 0.807. The van der Waals surface area contributed by atoms with Gasteiger partial charge in [0.15, 0.2) is 0 Å². The molecule has 20 heavy (non-hydrogen) atoms. The van der Waals surface area contributed by atoms with Crippen LogP contribution in [0.25, 0.3) is 0 Å². The molecular formula is C15H15Cl2F2N. The third kappa shape index (κ3) is 4.75. The van der Waals surface area contributed by atoms with Gasteiger partial charge in [0.2, 0.25) is 0 Å². The molecule has 2 aromatic carbocycles. The van der Waals surface area contributed by atoms with E-state index in [0.29, 0.717) is 23.7 Å². The van der Waals surface area contributed by atoms with Crippen LogP contribution in [-0.2, 0) is 13.0 Å². The van der Waals surface area contributed by atoms with Gasteiger partial charge in [-0.05, 0) is 42.8 Å². The van der Waals surface area contributed by atoms with Crippen LogP contribution in [0.15, 0.2) is 42.5 Å². The van der Waals surface area contributed by atoms with Crippen LogP contribution in [0.4, 0.5) is 8.78 Å². The first-order valence-electron chi connectivity index (χ1n) is 6.05. The second kappa shape index (κ2) is 8.20. The van der Waals surface area contributed by atoms with E-state index in [-0.39, 0.29) is 24.0 Å². The summed E-state index contributed by atoms with van der Waals surface area (Å²) in [7, 11) is 0. The lowest BCUT2D eigenvalue weighted by atomic mass is 10.1. The molecule has 0 aliphatic carbocycles. The predicted octanol–water partition coefficient (Wildman–Crippen LogP) is 4.37. The SMILES string of the molecule is Cl.Fc1ccc(CCNCc2c(F)cccc2Cl)cc1. The smallest absolute Gasteiger partial charge is 0.129 e. The molecule has 5 heteroatoms. The van der Waals surface area contributed by atoms with Crippen LogP contribution in [0, 0.1) is 11.6 Å². The van der Waals surface area contributed by atoms with Crippen LogP contribution >= 0.6 is 24.0 Å². The molecule has 0 aliphatic heterocycles. The van der Waals surface area contributed by atoms with Gasteiger partial charge in [-0.2, -0.15) is 0 Å². The average molecular weight is 318 g/mol. The summed E-state index contributed by atoms with van der Waals surface area (Å²) in [5.41, 5.74) is 1.51. The molecule has 1 N–H and O–H groups in total. The van der Waals surface area contributed by atoms with Gasteiger partial charge in [-0.25, -0.2) is 8.78 Å². The highest BCUT2D eigenvalue weighted by Gasteiger charge is 2.05. The van der Waals surface area contributed by atoms with Gasteiger partial charge in [0.25, 0.3) is 0 Å². The lowest BCUT2D eigenvalue weighted by Gasteiger charge is -2.08. The molecule has 2 rings (SSSR count). The summed E-state index contributed by atoms with van der Waals surface area (Å²) in [5, 5.41) is 3.55. The maximum absolute atomic E-state index is 13.5. The highest BCUT2D eigenvalue weighted by Crippen LogP contribution is 2.18. The Morgan fingerprint density at radius 2 is 1.70 bits per heavy atom. The molecule has 0 heterocycles. The summed E-state index contributed by atoms with van der Waals surface area (Å²) in [5.74, 6) is -0.545. The first-order valence-corrected chi connectivity index (χ1v) is 6.42. The van der Waals surface area contributed by atoms with Gasteiger partial charge < -0.3 is 5.32 Å². The van der Waals surface area contributed by atoms with E-state index in [1.54, 1.807) is 24.3 Å². The zero-order chi connectivity index (χ0) is 13.7. The van der Waals surface area contributed by atoms with Crippen LogP contribution in [0.3, 0.4) is 0 Å². The van der Waals surface area contributed by atoms with Crippen LogP contribution in [0.5, 0.6) is 0 Å². The van der Waals surface area contributed by atoms with Gasteiger partial charge in [0, 0.05) is 17.1 Å². The van der Waals surface area contributed by atoms with Crippen molar-refractivity contribution in [3.63, 3.8) is 0 Å². The molecule has 0 fully saturated rings. The lowest BCUT2D eigenvalue weighted by Crippen LogP contribution is -2.17. The molecule has 108 valence electrons.